The minimum Gasteiger partial charge on any atom is -0.256 e. The Morgan fingerprint density at radius 3 is 1.83 bits per heavy atom. The van der Waals surface area contributed by atoms with Gasteiger partial charge in [0.15, 0.2) is 0 Å². The van der Waals surface area contributed by atoms with Crippen LogP contribution in [0.1, 0.15) is 22.5 Å². The lowest BCUT2D eigenvalue weighted by atomic mass is 9.94. The second-order valence-electron chi connectivity index (χ2n) is 4.00. The molecule has 1 aromatic heterocycles. The van der Waals surface area contributed by atoms with Crippen LogP contribution in [-0.4, -0.2) is 4.98 Å². The second-order valence-corrected chi connectivity index (χ2v) is 4.00. The summed E-state index contributed by atoms with van der Waals surface area (Å²) in [7, 11) is 0. The predicted molar refractivity (Wildman–Crippen MR) is 68.6 cm³/mol. The normalized spacial score (nSPS) is 9.56. The first kappa shape index (κ1) is 11.8. The Morgan fingerprint density at radius 2 is 1.39 bits per heavy atom. The van der Waals surface area contributed by atoms with Gasteiger partial charge < -0.3 is 0 Å². The lowest BCUT2D eigenvalue weighted by Crippen LogP contribution is -2.00. The Labute approximate surface area is 106 Å². The molecule has 86 valence electrons. The molecule has 0 spiro atoms. The molecule has 2 aromatic rings. The first-order valence-electron chi connectivity index (χ1n) is 5.56. The van der Waals surface area contributed by atoms with Crippen molar-refractivity contribution in [1.29, 1.82) is 10.5 Å². The zero-order chi connectivity index (χ0) is 13.1. The van der Waals surface area contributed by atoms with Gasteiger partial charge in [-0.3, -0.25) is 4.98 Å². The molecule has 0 aliphatic carbocycles. The third kappa shape index (κ3) is 1.83. The van der Waals surface area contributed by atoms with E-state index in [-0.39, 0.29) is 0 Å². The fraction of sp³-hybridized carbons (Fsp3) is 0.133. The first-order chi connectivity index (χ1) is 8.69. The molecule has 3 heteroatoms. The van der Waals surface area contributed by atoms with Crippen LogP contribution in [0.15, 0.2) is 30.3 Å². The monoisotopic (exact) mass is 233 g/mol. The second kappa shape index (κ2) is 4.69. The molecule has 0 saturated heterocycles. The number of benzene rings is 1. The summed E-state index contributed by atoms with van der Waals surface area (Å²) in [4.78, 5) is 4.26. The zero-order valence-electron chi connectivity index (χ0n) is 10.2. The average Bonchev–Trinajstić information content (AvgIpc) is 2.39. The average molecular weight is 233 g/mol. The summed E-state index contributed by atoms with van der Waals surface area (Å²) in [6.07, 6.45) is 0. The van der Waals surface area contributed by atoms with Crippen LogP contribution in [0.25, 0.3) is 11.1 Å². The number of pyridine rings is 1. The standard InChI is InChI=1S/C15H11N3/c1-10-13(8-16)15(12-6-4-3-5-7-12)14(9-17)11(2)18-10/h3-7H,1-2H3. The summed E-state index contributed by atoms with van der Waals surface area (Å²) in [5.74, 6) is 0. The molecule has 0 N–H and O–H groups in total. The molecule has 0 radical (unpaired) electrons. The van der Waals surface area contributed by atoms with Crippen molar-refractivity contribution < 1.29 is 0 Å². The van der Waals surface area contributed by atoms with Crippen molar-refractivity contribution in [1.82, 2.24) is 4.98 Å². The number of aromatic nitrogens is 1. The van der Waals surface area contributed by atoms with Gasteiger partial charge in [-0.15, -0.1) is 0 Å². The quantitative estimate of drug-likeness (QED) is 0.760. The minimum atomic E-state index is 0.475. The topological polar surface area (TPSA) is 60.5 Å². The SMILES string of the molecule is Cc1nc(C)c(C#N)c(-c2ccccc2)c1C#N. The number of hydrogen-bond donors (Lipinski definition) is 0. The minimum absolute atomic E-state index is 0.475. The molecule has 0 saturated carbocycles. The van der Waals surface area contributed by atoms with E-state index in [2.05, 4.69) is 17.1 Å². The van der Waals surface area contributed by atoms with E-state index in [4.69, 9.17) is 0 Å². The molecule has 0 aliphatic rings. The van der Waals surface area contributed by atoms with E-state index < -0.39 is 0 Å². The van der Waals surface area contributed by atoms with E-state index in [9.17, 15) is 10.5 Å². The van der Waals surface area contributed by atoms with Gasteiger partial charge in [-0.05, 0) is 19.4 Å². The first-order valence-corrected chi connectivity index (χ1v) is 5.56. The van der Waals surface area contributed by atoms with Gasteiger partial charge in [-0.2, -0.15) is 10.5 Å². The van der Waals surface area contributed by atoms with Crippen LogP contribution in [-0.2, 0) is 0 Å². The number of nitrogens with zero attached hydrogens (tertiary/aromatic N) is 3. The summed E-state index contributed by atoms with van der Waals surface area (Å²) in [5, 5.41) is 18.5. The molecule has 0 atom stereocenters. The lowest BCUT2D eigenvalue weighted by molar-refractivity contribution is 1.10. The Bertz CT molecular complexity index is 635. The summed E-state index contributed by atoms with van der Waals surface area (Å²) >= 11 is 0. The Morgan fingerprint density at radius 1 is 0.889 bits per heavy atom. The van der Waals surface area contributed by atoms with Gasteiger partial charge in [0.25, 0.3) is 0 Å². The van der Waals surface area contributed by atoms with E-state index in [0.717, 1.165) is 5.56 Å². The van der Waals surface area contributed by atoms with Crippen LogP contribution in [0, 0.1) is 36.5 Å². The van der Waals surface area contributed by atoms with Crippen LogP contribution < -0.4 is 0 Å². The highest BCUT2D eigenvalue weighted by Crippen LogP contribution is 2.29. The van der Waals surface area contributed by atoms with Crippen LogP contribution in [0.4, 0.5) is 0 Å². The molecule has 3 nitrogen and oxygen atoms in total. The molecular formula is C15H11N3. The van der Waals surface area contributed by atoms with Crippen LogP contribution in [0.3, 0.4) is 0 Å². The molecule has 0 aliphatic heterocycles. The van der Waals surface area contributed by atoms with Crippen molar-refractivity contribution in [2.45, 2.75) is 13.8 Å². The fourth-order valence-corrected chi connectivity index (χ4v) is 2.02. The maximum atomic E-state index is 9.27. The van der Waals surface area contributed by atoms with E-state index in [1.54, 1.807) is 13.8 Å². The summed E-state index contributed by atoms with van der Waals surface area (Å²) in [5.41, 5.74) is 3.83. The third-order valence-electron chi connectivity index (χ3n) is 2.85. The smallest absolute Gasteiger partial charge is 0.102 e. The van der Waals surface area contributed by atoms with Gasteiger partial charge in [-0.1, -0.05) is 30.3 Å². The predicted octanol–water partition coefficient (Wildman–Crippen LogP) is 3.11. The number of hydrogen-bond acceptors (Lipinski definition) is 3. The maximum Gasteiger partial charge on any atom is 0.102 e. The number of rotatable bonds is 1. The van der Waals surface area contributed by atoms with Crippen LogP contribution in [0.5, 0.6) is 0 Å². The molecule has 0 amide bonds. The lowest BCUT2D eigenvalue weighted by Gasteiger charge is -2.11. The van der Waals surface area contributed by atoms with E-state index in [1.807, 2.05) is 30.3 Å². The van der Waals surface area contributed by atoms with Crippen molar-refractivity contribution in [2.75, 3.05) is 0 Å². The van der Waals surface area contributed by atoms with Crippen molar-refractivity contribution in [3.05, 3.63) is 52.8 Å². The van der Waals surface area contributed by atoms with Crippen LogP contribution >= 0.6 is 0 Å². The van der Waals surface area contributed by atoms with Crippen molar-refractivity contribution >= 4 is 0 Å². The third-order valence-corrected chi connectivity index (χ3v) is 2.85. The zero-order valence-corrected chi connectivity index (χ0v) is 10.2. The molecular weight excluding hydrogens is 222 g/mol. The molecule has 0 unspecified atom stereocenters. The highest BCUT2D eigenvalue weighted by Gasteiger charge is 2.16. The Kier molecular flexibility index (Phi) is 3.08. The molecule has 2 rings (SSSR count). The highest BCUT2D eigenvalue weighted by molar-refractivity contribution is 5.77. The van der Waals surface area contributed by atoms with E-state index in [0.29, 0.717) is 28.1 Å². The summed E-state index contributed by atoms with van der Waals surface area (Å²) in [6, 6.07) is 13.8. The van der Waals surface area contributed by atoms with Crippen molar-refractivity contribution in [2.24, 2.45) is 0 Å². The van der Waals surface area contributed by atoms with Crippen LogP contribution in [0.2, 0.25) is 0 Å². The van der Waals surface area contributed by atoms with E-state index >= 15 is 0 Å². The van der Waals surface area contributed by atoms with E-state index in [1.165, 1.54) is 0 Å². The summed E-state index contributed by atoms with van der Waals surface area (Å²) < 4.78 is 0. The molecule has 1 heterocycles. The van der Waals surface area contributed by atoms with Gasteiger partial charge in [0.1, 0.15) is 12.1 Å². The molecule has 0 bridgehead atoms. The maximum absolute atomic E-state index is 9.27. The van der Waals surface area contributed by atoms with Gasteiger partial charge in [-0.25, -0.2) is 0 Å². The highest BCUT2D eigenvalue weighted by atomic mass is 14.7. The van der Waals surface area contributed by atoms with Gasteiger partial charge in [0, 0.05) is 5.56 Å². The molecule has 1 aromatic carbocycles. The number of nitriles is 2. The van der Waals surface area contributed by atoms with Crippen molar-refractivity contribution in [3.63, 3.8) is 0 Å². The fourth-order valence-electron chi connectivity index (χ4n) is 2.02. The Hall–Kier alpha value is -2.65. The number of aryl methyl sites for hydroxylation is 2. The largest absolute Gasteiger partial charge is 0.256 e. The molecule has 0 fully saturated rings. The van der Waals surface area contributed by atoms with Gasteiger partial charge >= 0.3 is 0 Å². The van der Waals surface area contributed by atoms with Gasteiger partial charge in [0.2, 0.25) is 0 Å². The Balaban J connectivity index is 2.89. The van der Waals surface area contributed by atoms with Crippen molar-refractivity contribution in [3.8, 4) is 23.3 Å². The van der Waals surface area contributed by atoms with Gasteiger partial charge in [0.05, 0.1) is 22.5 Å². The summed E-state index contributed by atoms with van der Waals surface area (Å²) in [6.45, 7) is 3.58. The molecule has 18 heavy (non-hydrogen) atoms.